The lowest BCUT2D eigenvalue weighted by Gasteiger charge is -2.54. The molecule has 2 unspecified atom stereocenters. The zero-order valence-electron chi connectivity index (χ0n) is 13.7. The van der Waals surface area contributed by atoms with Gasteiger partial charge in [-0.2, -0.15) is 0 Å². The monoisotopic (exact) mass is 287 g/mol. The highest BCUT2D eigenvalue weighted by Crippen LogP contribution is 2.55. The lowest BCUT2D eigenvalue weighted by molar-refractivity contribution is -0.114. The van der Waals surface area contributed by atoms with Gasteiger partial charge in [0.15, 0.2) is 0 Å². The molecule has 0 aliphatic heterocycles. The molecule has 3 rings (SSSR count). The second-order valence-corrected chi connectivity index (χ2v) is 7.06. The number of para-hydroxylation sites is 1. The summed E-state index contributed by atoms with van der Waals surface area (Å²) in [6, 6.07) is 9.39. The Hall–Kier alpha value is -1.02. The average molecular weight is 287 g/mol. The summed E-state index contributed by atoms with van der Waals surface area (Å²) in [5.41, 5.74) is 3.17. The zero-order chi connectivity index (χ0) is 14.9. The minimum absolute atomic E-state index is 0.403. The van der Waals surface area contributed by atoms with E-state index in [1.165, 1.54) is 43.4 Å². The van der Waals surface area contributed by atoms with Crippen LogP contribution in [0.4, 0.5) is 5.69 Å². The Bertz CT molecular complexity index is 476. The van der Waals surface area contributed by atoms with E-state index >= 15 is 0 Å². The van der Waals surface area contributed by atoms with Crippen LogP contribution >= 0.6 is 0 Å². The van der Waals surface area contributed by atoms with E-state index in [1.807, 2.05) is 0 Å². The van der Waals surface area contributed by atoms with Gasteiger partial charge in [0.25, 0.3) is 0 Å². The molecule has 0 amide bonds. The van der Waals surface area contributed by atoms with Gasteiger partial charge in [0.2, 0.25) is 0 Å². The van der Waals surface area contributed by atoms with E-state index in [2.05, 4.69) is 50.4 Å². The summed E-state index contributed by atoms with van der Waals surface area (Å²) in [5.74, 6) is 0.566. The first-order chi connectivity index (χ1) is 10.2. The van der Waals surface area contributed by atoms with Crippen molar-refractivity contribution in [3.05, 3.63) is 29.8 Å². The first kappa shape index (κ1) is 14.9. The summed E-state index contributed by atoms with van der Waals surface area (Å²) in [5, 5.41) is 3.87. The topological polar surface area (TPSA) is 21.3 Å². The first-order valence-corrected chi connectivity index (χ1v) is 8.64. The van der Waals surface area contributed by atoms with E-state index in [0.29, 0.717) is 23.5 Å². The zero-order valence-corrected chi connectivity index (χ0v) is 13.7. The standard InChI is InChI=1S/C19H29NO/c1-4-21-18-13-17(19(18)11-7-8-12-19)20-16-10-6-5-9-15(16)14(2)3/h5-6,9-10,14,17-18,20H,4,7-8,11-13H2,1-3H3. The van der Waals surface area contributed by atoms with E-state index < -0.39 is 0 Å². The van der Waals surface area contributed by atoms with Crippen LogP contribution in [-0.4, -0.2) is 18.8 Å². The summed E-state index contributed by atoms with van der Waals surface area (Å²) in [7, 11) is 0. The van der Waals surface area contributed by atoms with Crippen molar-refractivity contribution in [2.24, 2.45) is 5.41 Å². The van der Waals surface area contributed by atoms with Crippen LogP contribution in [0.15, 0.2) is 24.3 Å². The van der Waals surface area contributed by atoms with Gasteiger partial charge in [-0.25, -0.2) is 0 Å². The van der Waals surface area contributed by atoms with E-state index in [1.54, 1.807) is 0 Å². The number of hydrogen-bond donors (Lipinski definition) is 1. The van der Waals surface area contributed by atoms with Crippen molar-refractivity contribution in [2.45, 2.75) is 70.9 Å². The molecule has 1 N–H and O–H groups in total. The highest BCUT2D eigenvalue weighted by atomic mass is 16.5. The molecule has 1 aromatic carbocycles. The van der Waals surface area contributed by atoms with Gasteiger partial charge in [-0.1, -0.05) is 44.9 Å². The molecule has 0 aromatic heterocycles. The number of nitrogens with one attached hydrogen (secondary N) is 1. The van der Waals surface area contributed by atoms with Gasteiger partial charge < -0.3 is 10.1 Å². The smallest absolute Gasteiger partial charge is 0.0670 e. The Morgan fingerprint density at radius 1 is 1.24 bits per heavy atom. The first-order valence-electron chi connectivity index (χ1n) is 8.64. The lowest BCUT2D eigenvalue weighted by Crippen LogP contribution is -2.60. The van der Waals surface area contributed by atoms with Crippen molar-refractivity contribution in [2.75, 3.05) is 11.9 Å². The Morgan fingerprint density at radius 3 is 2.62 bits per heavy atom. The lowest BCUT2D eigenvalue weighted by atomic mass is 9.60. The van der Waals surface area contributed by atoms with Crippen molar-refractivity contribution in [1.29, 1.82) is 0 Å². The normalized spacial score (nSPS) is 27.0. The molecule has 2 atom stereocenters. The van der Waals surface area contributed by atoms with Gasteiger partial charge in [-0.15, -0.1) is 0 Å². The fraction of sp³-hybridized carbons (Fsp3) is 0.684. The van der Waals surface area contributed by atoms with Crippen LogP contribution < -0.4 is 5.32 Å². The number of benzene rings is 1. The van der Waals surface area contributed by atoms with E-state index in [-0.39, 0.29) is 0 Å². The number of ether oxygens (including phenoxy) is 1. The van der Waals surface area contributed by atoms with Crippen molar-refractivity contribution in [3.63, 3.8) is 0 Å². The van der Waals surface area contributed by atoms with Gasteiger partial charge >= 0.3 is 0 Å². The number of hydrogen-bond acceptors (Lipinski definition) is 2. The maximum absolute atomic E-state index is 6.02. The van der Waals surface area contributed by atoms with Crippen LogP contribution in [0.1, 0.15) is 64.4 Å². The van der Waals surface area contributed by atoms with Crippen LogP contribution in [0.3, 0.4) is 0 Å². The molecule has 2 heteroatoms. The third-order valence-electron chi connectivity index (χ3n) is 5.60. The van der Waals surface area contributed by atoms with Crippen molar-refractivity contribution < 1.29 is 4.74 Å². The van der Waals surface area contributed by atoms with Crippen LogP contribution in [0.2, 0.25) is 0 Å². The molecule has 2 aliphatic carbocycles. The molecular formula is C19H29NO. The summed E-state index contributed by atoms with van der Waals surface area (Å²) in [6.07, 6.45) is 7.05. The predicted molar refractivity (Wildman–Crippen MR) is 88.9 cm³/mol. The van der Waals surface area contributed by atoms with E-state index in [0.717, 1.165) is 6.61 Å². The molecule has 2 aliphatic rings. The molecule has 0 heterocycles. The fourth-order valence-electron chi connectivity index (χ4n) is 4.41. The molecule has 0 saturated heterocycles. The molecule has 116 valence electrons. The minimum atomic E-state index is 0.403. The summed E-state index contributed by atoms with van der Waals surface area (Å²) in [4.78, 5) is 0. The number of anilines is 1. The van der Waals surface area contributed by atoms with Gasteiger partial charge in [0.05, 0.1) is 6.10 Å². The molecule has 2 fully saturated rings. The second-order valence-electron chi connectivity index (χ2n) is 7.06. The Labute approximate surface area is 129 Å². The minimum Gasteiger partial charge on any atom is -0.381 e. The Kier molecular flexibility index (Phi) is 4.26. The largest absolute Gasteiger partial charge is 0.381 e. The molecule has 1 aromatic rings. The molecule has 2 nitrogen and oxygen atoms in total. The molecule has 21 heavy (non-hydrogen) atoms. The molecule has 2 saturated carbocycles. The van der Waals surface area contributed by atoms with Gasteiger partial charge in [0.1, 0.15) is 0 Å². The molecule has 1 spiro atoms. The maximum atomic E-state index is 6.02. The molecular weight excluding hydrogens is 258 g/mol. The number of rotatable bonds is 5. The van der Waals surface area contributed by atoms with Crippen LogP contribution in [0.5, 0.6) is 0 Å². The second kappa shape index (κ2) is 6.00. The third kappa shape index (κ3) is 2.59. The van der Waals surface area contributed by atoms with Crippen molar-refractivity contribution >= 4 is 5.69 Å². The summed E-state index contributed by atoms with van der Waals surface area (Å²) < 4.78 is 6.02. The van der Waals surface area contributed by atoms with Crippen molar-refractivity contribution in [3.8, 4) is 0 Å². The molecule has 0 radical (unpaired) electrons. The maximum Gasteiger partial charge on any atom is 0.0670 e. The quantitative estimate of drug-likeness (QED) is 0.826. The van der Waals surface area contributed by atoms with Crippen LogP contribution in [0, 0.1) is 5.41 Å². The Balaban J connectivity index is 1.77. The highest BCUT2D eigenvalue weighted by Gasteiger charge is 2.56. The fourth-order valence-corrected chi connectivity index (χ4v) is 4.41. The van der Waals surface area contributed by atoms with E-state index in [9.17, 15) is 0 Å². The average Bonchev–Trinajstić information content (AvgIpc) is 2.99. The Morgan fingerprint density at radius 2 is 1.95 bits per heavy atom. The summed E-state index contributed by atoms with van der Waals surface area (Å²) in [6.45, 7) is 7.52. The molecule has 0 bridgehead atoms. The van der Waals surface area contributed by atoms with Crippen LogP contribution in [0.25, 0.3) is 0 Å². The van der Waals surface area contributed by atoms with Gasteiger partial charge in [-0.05, 0) is 43.7 Å². The predicted octanol–water partition coefficient (Wildman–Crippen LogP) is 4.96. The van der Waals surface area contributed by atoms with Crippen molar-refractivity contribution in [1.82, 2.24) is 0 Å². The highest BCUT2D eigenvalue weighted by molar-refractivity contribution is 5.54. The van der Waals surface area contributed by atoms with E-state index in [4.69, 9.17) is 4.74 Å². The van der Waals surface area contributed by atoms with Gasteiger partial charge in [0, 0.05) is 23.8 Å². The SMILES string of the molecule is CCOC1CC(Nc2ccccc2C(C)C)C12CCCC2. The third-order valence-corrected chi connectivity index (χ3v) is 5.60. The van der Waals surface area contributed by atoms with Gasteiger partial charge in [-0.3, -0.25) is 0 Å². The summed E-state index contributed by atoms with van der Waals surface area (Å²) >= 11 is 0. The van der Waals surface area contributed by atoms with Crippen LogP contribution in [-0.2, 0) is 4.74 Å².